The van der Waals surface area contributed by atoms with Crippen LogP contribution < -0.4 is 11.1 Å². The molecule has 3 aliphatic rings. The van der Waals surface area contributed by atoms with E-state index in [1.54, 1.807) is 0 Å². The molecule has 2 aliphatic carbocycles. The number of carbonyl (C=O) groups excluding carboxylic acids is 1. The maximum absolute atomic E-state index is 12.8. The van der Waals surface area contributed by atoms with Crippen molar-refractivity contribution in [1.82, 2.24) is 5.32 Å². The largest absolute Gasteiger partial charge is 0.377 e. The van der Waals surface area contributed by atoms with Crippen LogP contribution in [0.3, 0.4) is 0 Å². The molecule has 3 unspecified atom stereocenters. The predicted octanol–water partition coefficient (Wildman–Crippen LogP) is 1.97. The molecule has 114 valence electrons. The zero-order chi connectivity index (χ0) is 14.4. The highest BCUT2D eigenvalue weighted by molar-refractivity contribution is 5.89. The number of fused-ring (bicyclic) bond motifs is 1. The molecule has 3 fully saturated rings. The van der Waals surface area contributed by atoms with Gasteiger partial charge >= 0.3 is 0 Å². The minimum absolute atomic E-state index is 0.0566. The van der Waals surface area contributed by atoms with E-state index in [-0.39, 0.29) is 23.3 Å². The Hall–Kier alpha value is -0.610. The number of hydrogen-bond donors (Lipinski definition) is 2. The van der Waals surface area contributed by atoms with Gasteiger partial charge in [-0.05, 0) is 25.7 Å². The smallest absolute Gasteiger partial charge is 0.241 e. The SMILES string of the molecule is CC1(C)C2OCCCC2C1(N)C(=O)NC1CCCCC1. The molecule has 1 aliphatic heterocycles. The number of rotatable bonds is 2. The summed E-state index contributed by atoms with van der Waals surface area (Å²) >= 11 is 0. The van der Waals surface area contributed by atoms with Crippen molar-refractivity contribution in [2.75, 3.05) is 6.61 Å². The van der Waals surface area contributed by atoms with E-state index >= 15 is 0 Å². The molecule has 3 atom stereocenters. The highest BCUT2D eigenvalue weighted by atomic mass is 16.5. The second kappa shape index (κ2) is 4.99. The Labute approximate surface area is 121 Å². The third kappa shape index (κ3) is 1.92. The van der Waals surface area contributed by atoms with Gasteiger partial charge in [-0.2, -0.15) is 0 Å². The van der Waals surface area contributed by atoms with Crippen LogP contribution >= 0.6 is 0 Å². The summed E-state index contributed by atoms with van der Waals surface area (Å²) in [7, 11) is 0. The average Bonchev–Trinajstić information content (AvgIpc) is 2.47. The zero-order valence-electron chi connectivity index (χ0n) is 12.8. The van der Waals surface area contributed by atoms with Gasteiger partial charge in [-0.3, -0.25) is 4.79 Å². The molecule has 1 amide bonds. The van der Waals surface area contributed by atoms with Crippen molar-refractivity contribution >= 4 is 5.91 Å². The van der Waals surface area contributed by atoms with Gasteiger partial charge in [0.05, 0.1) is 6.10 Å². The lowest BCUT2D eigenvalue weighted by Gasteiger charge is -2.65. The highest BCUT2D eigenvalue weighted by Crippen LogP contribution is 2.57. The van der Waals surface area contributed by atoms with Crippen LogP contribution in [0.15, 0.2) is 0 Å². The Morgan fingerprint density at radius 1 is 1.15 bits per heavy atom. The van der Waals surface area contributed by atoms with Crippen LogP contribution in [0.2, 0.25) is 0 Å². The summed E-state index contributed by atoms with van der Waals surface area (Å²) in [6.07, 6.45) is 8.14. The first kappa shape index (κ1) is 14.3. The van der Waals surface area contributed by atoms with E-state index in [2.05, 4.69) is 19.2 Å². The van der Waals surface area contributed by atoms with E-state index < -0.39 is 5.54 Å². The molecule has 2 saturated carbocycles. The molecule has 0 bridgehead atoms. The minimum atomic E-state index is -0.754. The van der Waals surface area contributed by atoms with Crippen LogP contribution in [-0.4, -0.2) is 30.2 Å². The van der Waals surface area contributed by atoms with E-state index in [9.17, 15) is 4.79 Å². The molecule has 0 aromatic rings. The first-order chi connectivity index (χ1) is 9.48. The van der Waals surface area contributed by atoms with Crippen LogP contribution in [0.25, 0.3) is 0 Å². The molecule has 0 aromatic heterocycles. The van der Waals surface area contributed by atoms with Gasteiger partial charge in [0, 0.05) is 24.0 Å². The van der Waals surface area contributed by atoms with E-state index in [1.165, 1.54) is 19.3 Å². The molecule has 0 spiro atoms. The Morgan fingerprint density at radius 2 is 1.85 bits per heavy atom. The van der Waals surface area contributed by atoms with E-state index in [4.69, 9.17) is 10.5 Å². The topological polar surface area (TPSA) is 64.3 Å². The molecule has 3 rings (SSSR count). The molecule has 0 aromatic carbocycles. The lowest BCUT2D eigenvalue weighted by atomic mass is 9.46. The summed E-state index contributed by atoms with van der Waals surface area (Å²) in [6.45, 7) is 4.98. The normalized spacial score (nSPS) is 40.5. The zero-order valence-corrected chi connectivity index (χ0v) is 12.8. The maximum atomic E-state index is 12.8. The first-order valence-electron chi connectivity index (χ1n) is 8.19. The van der Waals surface area contributed by atoms with Crippen molar-refractivity contribution in [2.24, 2.45) is 17.1 Å². The van der Waals surface area contributed by atoms with Crippen molar-refractivity contribution in [3.8, 4) is 0 Å². The number of nitrogens with two attached hydrogens (primary N) is 1. The van der Waals surface area contributed by atoms with Gasteiger partial charge in [0.25, 0.3) is 0 Å². The average molecular weight is 280 g/mol. The van der Waals surface area contributed by atoms with Crippen LogP contribution in [0.1, 0.15) is 58.8 Å². The maximum Gasteiger partial charge on any atom is 0.241 e. The van der Waals surface area contributed by atoms with Crippen LogP contribution in [0.5, 0.6) is 0 Å². The van der Waals surface area contributed by atoms with Crippen molar-refractivity contribution in [3.63, 3.8) is 0 Å². The van der Waals surface area contributed by atoms with Crippen molar-refractivity contribution in [1.29, 1.82) is 0 Å². The molecule has 20 heavy (non-hydrogen) atoms. The summed E-state index contributed by atoms with van der Waals surface area (Å²) in [4.78, 5) is 12.8. The molecule has 3 N–H and O–H groups in total. The van der Waals surface area contributed by atoms with Gasteiger partial charge < -0.3 is 15.8 Å². The van der Waals surface area contributed by atoms with Crippen LogP contribution in [0, 0.1) is 11.3 Å². The minimum Gasteiger partial charge on any atom is -0.377 e. The Balaban J connectivity index is 1.71. The number of hydrogen-bond acceptors (Lipinski definition) is 3. The number of amides is 1. The molecular weight excluding hydrogens is 252 g/mol. The van der Waals surface area contributed by atoms with E-state index in [0.29, 0.717) is 6.04 Å². The monoisotopic (exact) mass is 280 g/mol. The summed E-state index contributed by atoms with van der Waals surface area (Å²) in [5.74, 6) is 0.246. The summed E-state index contributed by atoms with van der Waals surface area (Å²) in [6, 6.07) is 0.330. The van der Waals surface area contributed by atoms with Crippen molar-refractivity contribution < 1.29 is 9.53 Å². The van der Waals surface area contributed by atoms with Crippen molar-refractivity contribution in [3.05, 3.63) is 0 Å². The Bertz CT molecular complexity index is 390. The fraction of sp³-hybridized carbons (Fsp3) is 0.938. The molecule has 1 heterocycles. The van der Waals surface area contributed by atoms with E-state index in [0.717, 1.165) is 32.3 Å². The number of ether oxygens (including phenoxy) is 1. The van der Waals surface area contributed by atoms with Gasteiger partial charge in [0.2, 0.25) is 5.91 Å². The predicted molar refractivity (Wildman–Crippen MR) is 78.2 cm³/mol. The van der Waals surface area contributed by atoms with Crippen LogP contribution in [0.4, 0.5) is 0 Å². The molecule has 0 radical (unpaired) electrons. The Kier molecular flexibility index (Phi) is 3.57. The van der Waals surface area contributed by atoms with Gasteiger partial charge in [-0.25, -0.2) is 0 Å². The first-order valence-corrected chi connectivity index (χ1v) is 8.19. The van der Waals surface area contributed by atoms with Gasteiger partial charge in [-0.1, -0.05) is 33.1 Å². The third-order valence-electron chi connectivity index (χ3n) is 6.00. The van der Waals surface area contributed by atoms with Gasteiger partial charge in [0.15, 0.2) is 0 Å². The number of nitrogens with one attached hydrogen (secondary N) is 1. The van der Waals surface area contributed by atoms with Crippen molar-refractivity contribution in [2.45, 2.75) is 76.5 Å². The number of carbonyl (C=O) groups is 1. The fourth-order valence-corrected chi connectivity index (χ4v) is 4.59. The second-order valence-corrected chi connectivity index (χ2v) is 7.44. The van der Waals surface area contributed by atoms with E-state index in [1.807, 2.05) is 0 Å². The molecule has 4 nitrogen and oxygen atoms in total. The fourth-order valence-electron chi connectivity index (χ4n) is 4.59. The lowest BCUT2D eigenvalue weighted by Crippen LogP contribution is -2.82. The summed E-state index contributed by atoms with van der Waals surface area (Å²) in [5.41, 5.74) is 5.58. The summed E-state index contributed by atoms with van der Waals surface area (Å²) < 4.78 is 5.87. The van der Waals surface area contributed by atoms with Crippen LogP contribution in [-0.2, 0) is 9.53 Å². The molecule has 1 saturated heterocycles. The van der Waals surface area contributed by atoms with Gasteiger partial charge in [-0.15, -0.1) is 0 Å². The highest BCUT2D eigenvalue weighted by Gasteiger charge is 2.70. The molecular formula is C16H28N2O2. The standard InChI is InChI=1S/C16H28N2O2/c1-15(2)13-12(9-6-10-20-13)16(15,17)14(19)18-11-7-4-3-5-8-11/h11-13H,3-10,17H2,1-2H3,(H,18,19). The lowest BCUT2D eigenvalue weighted by molar-refractivity contribution is -0.225. The summed E-state index contributed by atoms with van der Waals surface area (Å²) in [5, 5.41) is 3.23. The second-order valence-electron chi connectivity index (χ2n) is 7.44. The quantitative estimate of drug-likeness (QED) is 0.813. The molecule has 4 heteroatoms. The van der Waals surface area contributed by atoms with Gasteiger partial charge in [0.1, 0.15) is 5.54 Å². The third-order valence-corrected chi connectivity index (χ3v) is 6.00. The Morgan fingerprint density at radius 3 is 2.55 bits per heavy atom.